The Morgan fingerprint density at radius 3 is 2.52 bits per heavy atom. The zero-order valence-electron chi connectivity index (χ0n) is 14.8. The molecule has 0 unspecified atom stereocenters. The van der Waals surface area contributed by atoms with Crippen molar-refractivity contribution in [3.8, 4) is 11.5 Å². The molecule has 0 aromatic heterocycles. The van der Waals surface area contributed by atoms with E-state index in [0.717, 1.165) is 16.9 Å². The lowest BCUT2D eigenvalue weighted by molar-refractivity contribution is -0.274. The summed E-state index contributed by atoms with van der Waals surface area (Å²) < 4.78 is 46.5. The zero-order chi connectivity index (χ0) is 19.2. The van der Waals surface area contributed by atoms with Gasteiger partial charge in [-0.1, -0.05) is 24.3 Å². The van der Waals surface area contributed by atoms with Gasteiger partial charge < -0.3 is 20.5 Å². The Morgan fingerprint density at radius 2 is 1.85 bits per heavy atom. The molecule has 0 atom stereocenters. The van der Waals surface area contributed by atoms with Crippen LogP contribution < -0.4 is 20.5 Å². The minimum atomic E-state index is -4.78. The fourth-order valence-corrected chi connectivity index (χ4v) is 2.29. The average Bonchev–Trinajstić information content (AvgIpc) is 2.57. The summed E-state index contributed by atoms with van der Waals surface area (Å²) in [5, 5.41) is 2.63. The molecule has 0 amide bonds. The molecule has 5 nitrogen and oxygen atoms in total. The van der Waals surface area contributed by atoms with Crippen LogP contribution in [0.5, 0.6) is 11.5 Å². The van der Waals surface area contributed by atoms with Gasteiger partial charge in [-0.3, -0.25) is 4.99 Å². The van der Waals surface area contributed by atoms with Gasteiger partial charge in [0.1, 0.15) is 5.75 Å². The highest BCUT2D eigenvalue weighted by atomic mass is 127. The minimum absolute atomic E-state index is 0. The normalized spacial score (nSPS) is 11.5. The van der Waals surface area contributed by atoms with E-state index in [1.54, 1.807) is 13.2 Å². The van der Waals surface area contributed by atoms with Crippen LogP contribution in [-0.2, 0) is 6.42 Å². The summed E-state index contributed by atoms with van der Waals surface area (Å²) in [4.78, 5) is 4.14. The fourth-order valence-electron chi connectivity index (χ4n) is 2.29. The summed E-state index contributed by atoms with van der Waals surface area (Å²) in [7, 11) is 1.60. The smallest absolute Gasteiger partial charge is 0.496 e. The maximum Gasteiger partial charge on any atom is 0.573 e. The Kier molecular flexibility index (Phi) is 8.67. The van der Waals surface area contributed by atoms with Crippen molar-refractivity contribution in [3.05, 3.63) is 53.6 Å². The molecule has 148 valence electrons. The Labute approximate surface area is 172 Å². The predicted octanol–water partition coefficient (Wildman–Crippen LogP) is 4.49. The van der Waals surface area contributed by atoms with E-state index in [2.05, 4.69) is 15.0 Å². The molecule has 0 heterocycles. The van der Waals surface area contributed by atoms with E-state index < -0.39 is 6.36 Å². The van der Waals surface area contributed by atoms with Gasteiger partial charge in [0.15, 0.2) is 11.7 Å². The van der Waals surface area contributed by atoms with Crippen molar-refractivity contribution in [1.29, 1.82) is 0 Å². The molecule has 0 saturated carbocycles. The number of nitrogens with zero attached hydrogens (tertiary/aromatic N) is 1. The number of anilines is 1. The fraction of sp³-hybridized carbons (Fsp3) is 0.278. The Balaban J connectivity index is 0.00000364. The van der Waals surface area contributed by atoms with Crippen molar-refractivity contribution in [2.75, 3.05) is 19.0 Å². The average molecular weight is 495 g/mol. The second-order valence-electron chi connectivity index (χ2n) is 5.49. The Bertz CT molecular complexity index is 783. The van der Waals surface area contributed by atoms with Crippen LogP contribution in [0.15, 0.2) is 47.5 Å². The van der Waals surface area contributed by atoms with Crippen LogP contribution in [0.1, 0.15) is 11.1 Å². The SMILES string of the molecule is COc1cc(CCN=C(N)Nc2ccccc2OC(F)(F)F)ccc1C.I. The van der Waals surface area contributed by atoms with Gasteiger partial charge in [0, 0.05) is 6.54 Å². The number of nitrogens with two attached hydrogens (primary N) is 1. The number of ether oxygens (including phenoxy) is 2. The standard InChI is InChI=1S/C18H20F3N3O2.HI/c1-12-7-8-13(11-16(12)25-2)9-10-23-17(22)24-14-5-3-4-6-15(14)26-18(19,20)21;/h3-8,11H,9-10H2,1-2H3,(H3,22,23,24);1H. The molecule has 0 aliphatic rings. The molecule has 9 heteroatoms. The van der Waals surface area contributed by atoms with Crippen LogP contribution in [0.2, 0.25) is 0 Å². The van der Waals surface area contributed by atoms with E-state index in [9.17, 15) is 13.2 Å². The third-order valence-electron chi connectivity index (χ3n) is 3.53. The molecule has 0 spiro atoms. The summed E-state index contributed by atoms with van der Waals surface area (Å²) in [6.45, 7) is 2.32. The number of rotatable bonds is 6. The lowest BCUT2D eigenvalue weighted by Gasteiger charge is -2.14. The van der Waals surface area contributed by atoms with Gasteiger partial charge in [-0.05, 0) is 42.7 Å². The maximum absolute atomic E-state index is 12.4. The number of benzene rings is 2. The van der Waals surface area contributed by atoms with E-state index in [-0.39, 0.29) is 41.4 Å². The zero-order valence-corrected chi connectivity index (χ0v) is 17.2. The first-order chi connectivity index (χ1) is 12.3. The molecule has 2 aromatic rings. The van der Waals surface area contributed by atoms with Crippen LogP contribution in [0.3, 0.4) is 0 Å². The topological polar surface area (TPSA) is 68.9 Å². The molecule has 27 heavy (non-hydrogen) atoms. The molecule has 0 radical (unpaired) electrons. The second-order valence-corrected chi connectivity index (χ2v) is 5.49. The number of aryl methyl sites for hydroxylation is 1. The number of hydrogen-bond donors (Lipinski definition) is 2. The van der Waals surface area contributed by atoms with Gasteiger partial charge in [-0.15, -0.1) is 37.1 Å². The van der Waals surface area contributed by atoms with E-state index in [0.29, 0.717) is 13.0 Å². The maximum atomic E-state index is 12.4. The van der Waals surface area contributed by atoms with Gasteiger partial charge in [-0.2, -0.15) is 0 Å². The number of guanidine groups is 1. The van der Waals surface area contributed by atoms with E-state index >= 15 is 0 Å². The number of para-hydroxylation sites is 2. The van der Waals surface area contributed by atoms with Gasteiger partial charge in [0.25, 0.3) is 0 Å². The summed E-state index contributed by atoms with van der Waals surface area (Å²) in [6.07, 6.45) is -4.17. The van der Waals surface area contributed by atoms with E-state index in [1.165, 1.54) is 18.2 Å². The lowest BCUT2D eigenvalue weighted by Crippen LogP contribution is -2.24. The van der Waals surface area contributed by atoms with Crippen LogP contribution in [0, 0.1) is 6.92 Å². The first-order valence-electron chi connectivity index (χ1n) is 7.84. The van der Waals surface area contributed by atoms with E-state index in [1.807, 2.05) is 25.1 Å². The molecule has 0 saturated heterocycles. The molecule has 3 N–H and O–H groups in total. The largest absolute Gasteiger partial charge is 0.573 e. The van der Waals surface area contributed by atoms with Gasteiger partial charge in [-0.25, -0.2) is 0 Å². The number of methoxy groups -OCH3 is 1. The quantitative estimate of drug-likeness (QED) is 0.352. The number of alkyl halides is 3. The van der Waals surface area contributed by atoms with Crippen molar-refractivity contribution in [3.63, 3.8) is 0 Å². The van der Waals surface area contributed by atoms with Gasteiger partial charge in [0.2, 0.25) is 0 Å². The van der Waals surface area contributed by atoms with Crippen LogP contribution in [0.4, 0.5) is 18.9 Å². The Hall–Kier alpha value is -2.17. The molecule has 2 aromatic carbocycles. The molecule has 0 bridgehead atoms. The highest BCUT2D eigenvalue weighted by Crippen LogP contribution is 2.29. The molecular formula is C18H21F3IN3O2. The van der Waals surface area contributed by atoms with Crippen LogP contribution in [0.25, 0.3) is 0 Å². The van der Waals surface area contributed by atoms with Crippen LogP contribution in [-0.4, -0.2) is 26.0 Å². The van der Waals surface area contributed by atoms with Crippen molar-refractivity contribution in [2.45, 2.75) is 19.7 Å². The molecule has 2 rings (SSSR count). The van der Waals surface area contributed by atoms with Crippen molar-refractivity contribution in [1.82, 2.24) is 0 Å². The van der Waals surface area contributed by atoms with E-state index in [4.69, 9.17) is 10.5 Å². The monoisotopic (exact) mass is 495 g/mol. The van der Waals surface area contributed by atoms with Crippen molar-refractivity contribution < 1.29 is 22.6 Å². The number of hydrogen-bond acceptors (Lipinski definition) is 3. The molecular weight excluding hydrogens is 474 g/mol. The first-order valence-corrected chi connectivity index (χ1v) is 7.84. The lowest BCUT2D eigenvalue weighted by atomic mass is 10.1. The van der Waals surface area contributed by atoms with Gasteiger partial charge >= 0.3 is 6.36 Å². The number of nitrogens with one attached hydrogen (secondary N) is 1. The Morgan fingerprint density at radius 1 is 1.15 bits per heavy atom. The summed E-state index contributed by atoms with van der Waals surface area (Å²) in [6, 6.07) is 11.5. The highest BCUT2D eigenvalue weighted by molar-refractivity contribution is 14.0. The second kappa shape index (κ2) is 10.2. The first kappa shape index (κ1) is 22.9. The third-order valence-corrected chi connectivity index (χ3v) is 3.53. The third kappa shape index (κ3) is 7.53. The molecule has 0 fully saturated rings. The summed E-state index contributed by atoms with van der Waals surface area (Å²) in [5.41, 5.74) is 7.89. The summed E-state index contributed by atoms with van der Waals surface area (Å²) in [5.74, 6) is 0.416. The minimum Gasteiger partial charge on any atom is -0.496 e. The van der Waals surface area contributed by atoms with Crippen molar-refractivity contribution >= 4 is 35.6 Å². The predicted molar refractivity (Wildman–Crippen MR) is 110 cm³/mol. The highest BCUT2D eigenvalue weighted by Gasteiger charge is 2.32. The van der Waals surface area contributed by atoms with Gasteiger partial charge in [0.05, 0.1) is 12.8 Å². The molecule has 0 aliphatic carbocycles. The number of halogens is 4. The molecule has 0 aliphatic heterocycles. The summed E-state index contributed by atoms with van der Waals surface area (Å²) >= 11 is 0. The number of aliphatic imine (C=N–C) groups is 1. The van der Waals surface area contributed by atoms with Crippen LogP contribution >= 0.6 is 24.0 Å². The van der Waals surface area contributed by atoms with Crippen molar-refractivity contribution in [2.24, 2.45) is 10.7 Å².